The number of hydrogen-bond acceptors (Lipinski definition) is 7. The summed E-state index contributed by atoms with van der Waals surface area (Å²) in [5, 5.41) is 16.8. The van der Waals surface area contributed by atoms with Crippen molar-refractivity contribution in [1.82, 2.24) is 4.98 Å². The van der Waals surface area contributed by atoms with Gasteiger partial charge in [0.15, 0.2) is 5.69 Å². The molecule has 25 heavy (non-hydrogen) atoms. The molecule has 1 aromatic carbocycles. The van der Waals surface area contributed by atoms with E-state index in [0.717, 1.165) is 16.3 Å². The highest BCUT2D eigenvalue weighted by Crippen LogP contribution is 2.38. The second-order valence-corrected chi connectivity index (χ2v) is 6.15. The summed E-state index contributed by atoms with van der Waals surface area (Å²) in [6, 6.07) is 8.75. The number of benzene rings is 1. The lowest BCUT2D eigenvalue weighted by Gasteiger charge is -2.29. The van der Waals surface area contributed by atoms with Crippen LogP contribution >= 0.6 is 11.3 Å². The molecular weight excluding hydrogens is 352 g/mol. The van der Waals surface area contributed by atoms with Gasteiger partial charge in [0.05, 0.1) is 12.3 Å². The first-order valence-corrected chi connectivity index (χ1v) is 8.40. The molecule has 0 amide bonds. The van der Waals surface area contributed by atoms with Crippen LogP contribution in [0.5, 0.6) is 0 Å². The summed E-state index contributed by atoms with van der Waals surface area (Å²) >= 11 is 0.931. The molecule has 1 atom stereocenters. The average Bonchev–Trinajstić information content (AvgIpc) is 3.21. The third kappa shape index (κ3) is 3.24. The van der Waals surface area contributed by atoms with Crippen molar-refractivity contribution in [3.05, 3.63) is 47.0 Å². The van der Waals surface area contributed by atoms with E-state index in [2.05, 4.69) is 10.1 Å². The summed E-state index contributed by atoms with van der Waals surface area (Å²) in [4.78, 5) is 15.7. The summed E-state index contributed by atoms with van der Waals surface area (Å²) in [5.74, 6) is -0.656. The quantitative estimate of drug-likeness (QED) is 0.823. The number of rotatable bonds is 5. The number of alkyl halides is 2. The van der Waals surface area contributed by atoms with Crippen molar-refractivity contribution in [1.29, 1.82) is 0 Å². The molecule has 132 valence electrons. The zero-order valence-corrected chi connectivity index (χ0v) is 14.0. The van der Waals surface area contributed by atoms with Crippen LogP contribution in [0.4, 0.5) is 13.9 Å². The summed E-state index contributed by atoms with van der Waals surface area (Å²) in [7, 11) is 0. The van der Waals surface area contributed by atoms with Crippen molar-refractivity contribution in [3.8, 4) is 0 Å². The minimum Gasteiger partial charge on any atom is -0.461 e. The standard InChI is InChI=1S/C16H15F2N3O3S/c1-2-24-13(22)12-9-25-15(19-12)21-16(23,14(17)18)8-11(20-21)10-6-4-3-5-7-10/h3-7,9,14,23H,2,8H2,1H3. The van der Waals surface area contributed by atoms with Crippen LogP contribution in [0, 0.1) is 0 Å². The molecule has 1 aromatic heterocycles. The average molecular weight is 367 g/mol. The highest BCUT2D eigenvalue weighted by molar-refractivity contribution is 7.14. The summed E-state index contributed by atoms with van der Waals surface area (Å²) in [5.41, 5.74) is -1.58. The number of carbonyl (C=O) groups excluding carboxylic acids is 1. The van der Waals surface area contributed by atoms with E-state index in [1.165, 1.54) is 5.38 Å². The number of ether oxygens (including phenoxy) is 1. The topological polar surface area (TPSA) is 75.0 Å². The lowest BCUT2D eigenvalue weighted by Crippen LogP contribution is -2.49. The van der Waals surface area contributed by atoms with Crippen LogP contribution in [0.2, 0.25) is 0 Å². The molecule has 2 heterocycles. The van der Waals surface area contributed by atoms with Crippen LogP contribution in [-0.2, 0) is 4.74 Å². The molecule has 0 radical (unpaired) electrons. The summed E-state index contributed by atoms with van der Waals surface area (Å²) in [6.07, 6.45) is -3.43. The van der Waals surface area contributed by atoms with Gasteiger partial charge >= 0.3 is 5.97 Å². The van der Waals surface area contributed by atoms with Crippen molar-refractivity contribution >= 4 is 28.1 Å². The Morgan fingerprint density at radius 2 is 2.16 bits per heavy atom. The fraction of sp³-hybridized carbons (Fsp3) is 0.312. The number of aromatic nitrogens is 1. The molecule has 0 bridgehead atoms. The minimum atomic E-state index is -3.08. The van der Waals surface area contributed by atoms with E-state index in [4.69, 9.17) is 4.74 Å². The molecule has 1 unspecified atom stereocenters. The molecule has 3 rings (SSSR count). The minimum absolute atomic E-state index is 0.00298. The molecule has 0 aliphatic carbocycles. The fourth-order valence-electron chi connectivity index (χ4n) is 2.39. The number of carbonyl (C=O) groups is 1. The van der Waals surface area contributed by atoms with Gasteiger partial charge in [0.1, 0.15) is 0 Å². The van der Waals surface area contributed by atoms with E-state index >= 15 is 0 Å². The summed E-state index contributed by atoms with van der Waals surface area (Å²) in [6.45, 7) is 1.82. The Morgan fingerprint density at radius 1 is 1.44 bits per heavy atom. The highest BCUT2D eigenvalue weighted by Gasteiger charge is 2.51. The van der Waals surface area contributed by atoms with Gasteiger partial charge in [-0.3, -0.25) is 0 Å². The van der Waals surface area contributed by atoms with Gasteiger partial charge < -0.3 is 9.84 Å². The molecule has 0 saturated carbocycles. The SMILES string of the molecule is CCOC(=O)c1csc(N2N=C(c3ccccc3)CC2(O)C(F)F)n1. The van der Waals surface area contributed by atoms with E-state index in [1.807, 2.05) is 0 Å². The third-order valence-corrected chi connectivity index (χ3v) is 4.45. The first kappa shape index (κ1) is 17.4. The third-order valence-electron chi connectivity index (χ3n) is 3.63. The number of esters is 1. The predicted octanol–water partition coefficient (Wildman–Crippen LogP) is 2.89. The van der Waals surface area contributed by atoms with Crippen LogP contribution in [0.1, 0.15) is 29.4 Å². The number of nitrogens with zero attached hydrogens (tertiary/aromatic N) is 3. The van der Waals surface area contributed by atoms with Gasteiger partial charge in [-0.05, 0) is 12.5 Å². The van der Waals surface area contributed by atoms with Crippen molar-refractivity contribution in [2.75, 3.05) is 11.6 Å². The van der Waals surface area contributed by atoms with Gasteiger partial charge in [0.2, 0.25) is 10.9 Å². The second-order valence-electron chi connectivity index (χ2n) is 5.32. The van der Waals surface area contributed by atoms with E-state index in [9.17, 15) is 18.7 Å². The lowest BCUT2D eigenvalue weighted by atomic mass is 10.0. The Balaban J connectivity index is 1.96. The molecule has 0 saturated heterocycles. The molecule has 0 fully saturated rings. The number of halogens is 2. The Labute approximate surface area is 146 Å². The van der Waals surface area contributed by atoms with Crippen LogP contribution < -0.4 is 5.01 Å². The number of hydrogen-bond donors (Lipinski definition) is 1. The van der Waals surface area contributed by atoms with Crippen molar-refractivity contribution in [2.24, 2.45) is 5.10 Å². The van der Waals surface area contributed by atoms with Crippen molar-refractivity contribution in [2.45, 2.75) is 25.5 Å². The normalized spacial score (nSPS) is 20.0. The lowest BCUT2D eigenvalue weighted by molar-refractivity contribution is -0.0867. The van der Waals surface area contributed by atoms with Crippen LogP contribution in [-0.4, -0.2) is 40.5 Å². The van der Waals surface area contributed by atoms with E-state index in [-0.39, 0.29) is 23.9 Å². The molecule has 6 nitrogen and oxygen atoms in total. The molecule has 9 heteroatoms. The van der Waals surface area contributed by atoms with Crippen LogP contribution in [0.15, 0.2) is 40.8 Å². The van der Waals surface area contributed by atoms with E-state index in [0.29, 0.717) is 11.3 Å². The molecular formula is C16H15F2N3O3S. The molecule has 1 N–H and O–H groups in total. The number of aliphatic hydroxyl groups is 1. The maximum Gasteiger partial charge on any atom is 0.357 e. The largest absolute Gasteiger partial charge is 0.461 e. The molecule has 2 aromatic rings. The van der Waals surface area contributed by atoms with Crippen LogP contribution in [0.25, 0.3) is 0 Å². The summed E-state index contributed by atoms with van der Waals surface area (Å²) < 4.78 is 31.9. The zero-order chi connectivity index (χ0) is 18.0. The molecule has 0 spiro atoms. The Hall–Kier alpha value is -2.39. The van der Waals surface area contributed by atoms with Crippen molar-refractivity contribution in [3.63, 3.8) is 0 Å². The van der Waals surface area contributed by atoms with E-state index in [1.54, 1.807) is 37.3 Å². The van der Waals surface area contributed by atoms with Gasteiger partial charge in [0.25, 0.3) is 6.43 Å². The van der Waals surface area contributed by atoms with Gasteiger partial charge in [-0.1, -0.05) is 30.3 Å². The highest BCUT2D eigenvalue weighted by atomic mass is 32.1. The second kappa shape index (κ2) is 6.85. The smallest absolute Gasteiger partial charge is 0.357 e. The Kier molecular flexibility index (Phi) is 4.78. The first-order chi connectivity index (χ1) is 12.0. The predicted molar refractivity (Wildman–Crippen MR) is 89.1 cm³/mol. The van der Waals surface area contributed by atoms with Gasteiger partial charge in [-0.25, -0.2) is 23.6 Å². The Morgan fingerprint density at radius 3 is 2.80 bits per heavy atom. The van der Waals surface area contributed by atoms with Gasteiger partial charge in [-0.2, -0.15) is 5.10 Å². The first-order valence-electron chi connectivity index (χ1n) is 7.52. The maximum atomic E-state index is 13.6. The monoisotopic (exact) mass is 367 g/mol. The zero-order valence-electron chi connectivity index (χ0n) is 13.2. The van der Waals surface area contributed by atoms with Gasteiger partial charge in [0, 0.05) is 11.8 Å². The number of anilines is 1. The van der Waals surface area contributed by atoms with Crippen molar-refractivity contribution < 1.29 is 23.4 Å². The number of hydrazone groups is 1. The van der Waals surface area contributed by atoms with Crippen LogP contribution in [0.3, 0.4) is 0 Å². The fourth-order valence-corrected chi connectivity index (χ4v) is 3.21. The Bertz CT molecular complexity index is 797. The molecule has 1 aliphatic rings. The van der Waals surface area contributed by atoms with E-state index < -0.39 is 18.1 Å². The maximum absolute atomic E-state index is 13.6. The number of thiazole rings is 1. The van der Waals surface area contributed by atoms with Gasteiger partial charge in [-0.15, -0.1) is 11.3 Å². The molecule has 1 aliphatic heterocycles.